The number of halogens is 1. The Bertz CT molecular complexity index is 791. The van der Waals surface area contributed by atoms with Crippen molar-refractivity contribution >= 4 is 22.8 Å². The van der Waals surface area contributed by atoms with Crippen molar-refractivity contribution in [1.82, 2.24) is 9.97 Å². The van der Waals surface area contributed by atoms with Gasteiger partial charge in [0.2, 0.25) is 0 Å². The lowest BCUT2D eigenvalue weighted by Crippen LogP contribution is -1.92. The number of nitrogens with one attached hydrogen (secondary N) is 1. The number of aromatic amines is 1. The number of carbonyl (C=O) groups excluding carboxylic acids is 1. The van der Waals surface area contributed by atoms with Crippen LogP contribution in [0.1, 0.15) is 15.9 Å². The Morgan fingerprint density at radius 2 is 2.20 bits per heavy atom. The molecule has 0 unspecified atom stereocenters. The fourth-order valence-electron chi connectivity index (χ4n) is 2.04. The van der Waals surface area contributed by atoms with Gasteiger partial charge in [-0.05, 0) is 42.0 Å². The van der Waals surface area contributed by atoms with Crippen LogP contribution in [0.2, 0.25) is 0 Å². The molecule has 4 heteroatoms. The lowest BCUT2D eigenvalue weighted by molar-refractivity contribution is 0.104. The molecule has 3 nitrogen and oxygen atoms in total. The third-order valence-corrected chi connectivity index (χ3v) is 3.02. The number of pyridine rings is 1. The van der Waals surface area contributed by atoms with Crippen LogP contribution in [0.4, 0.5) is 4.39 Å². The smallest absolute Gasteiger partial charge is 0.188 e. The molecule has 1 aromatic carbocycles. The van der Waals surface area contributed by atoms with Gasteiger partial charge >= 0.3 is 0 Å². The molecule has 0 atom stereocenters. The third kappa shape index (κ3) is 2.36. The fraction of sp³-hybridized carbons (Fsp3) is 0. The molecule has 20 heavy (non-hydrogen) atoms. The number of hydrogen-bond donors (Lipinski definition) is 1. The van der Waals surface area contributed by atoms with Gasteiger partial charge in [0.05, 0.1) is 0 Å². The Labute approximate surface area is 114 Å². The number of aromatic nitrogens is 2. The zero-order chi connectivity index (χ0) is 13.9. The van der Waals surface area contributed by atoms with Crippen LogP contribution in [0.3, 0.4) is 0 Å². The molecule has 0 fully saturated rings. The third-order valence-electron chi connectivity index (χ3n) is 3.02. The number of nitrogens with zero attached hydrogens (tertiary/aromatic N) is 1. The molecular weight excluding hydrogens is 255 g/mol. The molecule has 0 aliphatic heterocycles. The molecule has 0 saturated carbocycles. The van der Waals surface area contributed by atoms with Crippen molar-refractivity contribution < 1.29 is 9.18 Å². The lowest BCUT2D eigenvalue weighted by atomic mass is 10.1. The summed E-state index contributed by atoms with van der Waals surface area (Å²) >= 11 is 0. The monoisotopic (exact) mass is 266 g/mol. The van der Waals surface area contributed by atoms with Crippen LogP contribution >= 0.6 is 0 Å². The predicted octanol–water partition coefficient (Wildman–Crippen LogP) is 3.60. The van der Waals surface area contributed by atoms with Gasteiger partial charge in [-0.25, -0.2) is 4.39 Å². The number of fused-ring (bicyclic) bond motifs is 1. The van der Waals surface area contributed by atoms with E-state index in [9.17, 15) is 9.18 Å². The number of H-pyrrole nitrogens is 1. The largest absolute Gasteiger partial charge is 0.360 e. The van der Waals surface area contributed by atoms with Gasteiger partial charge in [0.25, 0.3) is 0 Å². The van der Waals surface area contributed by atoms with Crippen LogP contribution in [-0.2, 0) is 0 Å². The summed E-state index contributed by atoms with van der Waals surface area (Å²) in [7, 11) is 0. The maximum atomic E-state index is 13.1. The normalized spacial score (nSPS) is 11.2. The van der Waals surface area contributed by atoms with Gasteiger partial charge in [-0.15, -0.1) is 0 Å². The maximum Gasteiger partial charge on any atom is 0.188 e. The summed E-state index contributed by atoms with van der Waals surface area (Å²) in [4.78, 5) is 19.0. The summed E-state index contributed by atoms with van der Waals surface area (Å²) in [6.45, 7) is 0. The van der Waals surface area contributed by atoms with Crippen LogP contribution in [0.5, 0.6) is 0 Å². The van der Waals surface area contributed by atoms with Crippen molar-refractivity contribution in [2.45, 2.75) is 0 Å². The minimum absolute atomic E-state index is 0.133. The van der Waals surface area contributed by atoms with Gasteiger partial charge in [-0.1, -0.05) is 6.07 Å². The number of benzene rings is 1. The van der Waals surface area contributed by atoms with E-state index in [4.69, 9.17) is 0 Å². The first-order valence-electron chi connectivity index (χ1n) is 6.13. The number of allylic oxidation sites excluding steroid dienone is 1. The van der Waals surface area contributed by atoms with Crippen LogP contribution in [0, 0.1) is 5.82 Å². The molecule has 3 rings (SSSR count). The van der Waals surface area contributed by atoms with Crippen LogP contribution in [0.15, 0.2) is 55.0 Å². The van der Waals surface area contributed by atoms with Crippen molar-refractivity contribution in [2.24, 2.45) is 0 Å². The average Bonchev–Trinajstić information content (AvgIpc) is 2.89. The second-order valence-corrected chi connectivity index (χ2v) is 4.38. The second kappa shape index (κ2) is 5.09. The topological polar surface area (TPSA) is 45.8 Å². The summed E-state index contributed by atoms with van der Waals surface area (Å²) in [6, 6.07) is 7.99. The molecule has 0 spiro atoms. The molecule has 0 amide bonds. The molecule has 0 aliphatic carbocycles. The van der Waals surface area contributed by atoms with Crippen LogP contribution < -0.4 is 0 Å². The molecule has 1 N–H and O–H groups in total. The van der Waals surface area contributed by atoms with Gasteiger partial charge in [0, 0.05) is 35.1 Å². The average molecular weight is 266 g/mol. The predicted molar refractivity (Wildman–Crippen MR) is 75.9 cm³/mol. The minimum atomic E-state index is -0.329. The first-order chi connectivity index (χ1) is 9.74. The summed E-state index contributed by atoms with van der Waals surface area (Å²) in [5.74, 6) is -0.462. The van der Waals surface area contributed by atoms with Gasteiger partial charge in [-0.3, -0.25) is 9.78 Å². The first-order valence-corrected chi connectivity index (χ1v) is 6.13. The Hall–Kier alpha value is -2.75. The van der Waals surface area contributed by atoms with E-state index in [1.165, 1.54) is 18.2 Å². The van der Waals surface area contributed by atoms with Gasteiger partial charge < -0.3 is 4.98 Å². The lowest BCUT2D eigenvalue weighted by Gasteiger charge is -1.94. The highest BCUT2D eigenvalue weighted by molar-refractivity contribution is 6.14. The number of carbonyl (C=O) groups is 1. The molecule has 3 aromatic rings. The van der Waals surface area contributed by atoms with Crippen molar-refractivity contribution in [1.29, 1.82) is 0 Å². The van der Waals surface area contributed by atoms with Crippen molar-refractivity contribution in [3.05, 3.63) is 71.9 Å². The Morgan fingerprint density at radius 3 is 3.00 bits per heavy atom. The Balaban J connectivity index is 1.91. The molecular formula is C16H11FN2O. The highest BCUT2D eigenvalue weighted by Crippen LogP contribution is 2.20. The zero-order valence-electron chi connectivity index (χ0n) is 10.5. The quantitative estimate of drug-likeness (QED) is 0.581. The van der Waals surface area contributed by atoms with E-state index in [1.807, 2.05) is 6.07 Å². The second-order valence-electron chi connectivity index (χ2n) is 4.38. The van der Waals surface area contributed by atoms with E-state index in [-0.39, 0.29) is 11.6 Å². The fourth-order valence-corrected chi connectivity index (χ4v) is 2.04. The van der Waals surface area contributed by atoms with E-state index in [2.05, 4.69) is 9.97 Å². The van der Waals surface area contributed by atoms with Crippen molar-refractivity contribution in [3.8, 4) is 0 Å². The van der Waals surface area contributed by atoms with Gasteiger partial charge in [-0.2, -0.15) is 0 Å². The Morgan fingerprint density at radius 1 is 1.30 bits per heavy atom. The van der Waals surface area contributed by atoms with E-state index >= 15 is 0 Å². The molecule has 0 bridgehead atoms. The van der Waals surface area contributed by atoms with Gasteiger partial charge in [0.15, 0.2) is 5.78 Å². The minimum Gasteiger partial charge on any atom is -0.360 e. The Kier molecular flexibility index (Phi) is 3.13. The molecule has 2 heterocycles. The van der Waals surface area contributed by atoms with E-state index in [0.717, 1.165) is 5.56 Å². The number of rotatable bonds is 3. The molecule has 98 valence electrons. The SMILES string of the molecule is O=C(C=Cc1cccnc1)c1c[nH]c2cc(F)ccc12. The number of hydrogen-bond acceptors (Lipinski definition) is 2. The zero-order valence-corrected chi connectivity index (χ0v) is 10.5. The van der Waals surface area contributed by atoms with Crippen molar-refractivity contribution in [3.63, 3.8) is 0 Å². The van der Waals surface area contributed by atoms with Gasteiger partial charge in [0.1, 0.15) is 5.82 Å². The summed E-state index contributed by atoms with van der Waals surface area (Å²) < 4.78 is 13.1. The van der Waals surface area contributed by atoms with Crippen LogP contribution in [0.25, 0.3) is 17.0 Å². The molecule has 0 radical (unpaired) electrons. The van der Waals surface area contributed by atoms with Crippen molar-refractivity contribution in [2.75, 3.05) is 0 Å². The summed E-state index contributed by atoms with van der Waals surface area (Å²) in [5, 5.41) is 0.715. The standard InChI is InChI=1S/C16H11FN2O/c17-12-4-5-13-14(10-19-15(13)8-12)16(20)6-3-11-2-1-7-18-9-11/h1-10,19H. The highest BCUT2D eigenvalue weighted by Gasteiger charge is 2.09. The summed E-state index contributed by atoms with van der Waals surface area (Å²) in [6.07, 6.45) is 8.14. The molecule has 0 saturated heterocycles. The number of ketones is 1. The van der Waals surface area contributed by atoms with E-state index in [1.54, 1.807) is 36.8 Å². The molecule has 0 aliphatic rings. The molecule has 2 aromatic heterocycles. The summed E-state index contributed by atoms with van der Waals surface area (Å²) in [5.41, 5.74) is 2.00. The maximum absolute atomic E-state index is 13.1. The van der Waals surface area contributed by atoms with E-state index in [0.29, 0.717) is 16.5 Å². The van der Waals surface area contributed by atoms with Crippen LogP contribution in [-0.4, -0.2) is 15.8 Å². The van der Waals surface area contributed by atoms with E-state index < -0.39 is 0 Å². The highest BCUT2D eigenvalue weighted by atomic mass is 19.1. The first kappa shape index (κ1) is 12.3.